The summed E-state index contributed by atoms with van der Waals surface area (Å²) in [4.78, 5) is 21.2. The molecule has 3 N–H and O–H groups in total. The van der Waals surface area contributed by atoms with E-state index < -0.39 is 5.97 Å². The van der Waals surface area contributed by atoms with Crippen LogP contribution in [-0.4, -0.2) is 36.6 Å². The Bertz CT molecular complexity index is 214. The first kappa shape index (κ1) is 11.0. The molecular formula is C9H16N2O3. The van der Waals surface area contributed by atoms with E-state index in [9.17, 15) is 9.59 Å². The van der Waals surface area contributed by atoms with Crippen LogP contribution in [0.1, 0.15) is 19.3 Å². The van der Waals surface area contributed by atoms with Gasteiger partial charge >= 0.3 is 5.97 Å². The minimum absolute atomic E-state index is 0.122. The van der Waals surface area contributed by atoms with Gasteiger partial charge in [0.25, 0.3) is 0 Å². The molecule has 0 atom stereocenters. The smallest absolute Gasteiger partial charge is 0.304 e. The maximum absolute atomic E-state index is 11.1. The van der Waals surface area contributed by atoms with Crippen LogP contribution in [0.5, 0.6) is 0 Å². The molecule has 0 heterocycles. The SMILES string of the molecule is O=C(O)CCNCCNC(=O)C1CC1. The van der Waals surface area contributed by atoms with Gasteiger partial charge in [-0.3, -0.25) is 9.59 Å². The number of aliphatic carboxylic acids is 1. The van der Waals surface area contributed by atoms with Crippen LogP contribution >= 0.6 is 0 Å². The van der Waals surface area contributed by atoms with Crippen molar-refractivity contribution in [2.45, 2.75) is 19.3 Å². The number of carboxylic acids is 1. The topological polar surface area (TPSA) is 78.4 Å². The number of amides is 1. The lowest BCUT2D eigenvalue weighted by Gasteiger charge is -2.04. The van der Waals surface area contributed by atoms with Gasteiger partial charge in [0.2, 0.25) is 5.91 Å². The zero-order valence-corrected chi connectivity index (χ0v) is 8.08. The van der Waals surface area contributed by atoms with Gasteiger partial charge in [0, 0.05) is 25.6 Å². The quantitative estimate of drug-likeness (QED) is 0.488. The van der Waals surface area contributed by atoms with E-state index in [0.717, 1.165) is 12.8 Å². The first-order valence-corrected chi connectivity index (χ1v) is 4.90. The highest BCUT2D eigenvalue weighted by molar-refractivity contribution is 5.80. The van der Waals surface area contributed by atoms with E-state index in [0.29, 0.717) is 19.6 Å². The number of hydrogen-bond donors (Lipinski definition) is 3. The van der Waals surface area contributed by atoms with E-state index in [1.807, 2.05) is 0 Å². The summed E-state index contributed by atoms with van der Waals surface area (Å²) in [6.07, 6.45) is 2.15. The summed E-state index contributed by atoms with van der Waals surface area (Å²) in [6.45, 7) is 1.66. The van der Waals surface area contributed by atoms with Crippen LogP contribution in [0.25, 0.3) is 0 Å². The highest BCUT2D eigenvalue weighted by atomic mass is 16.4. The molecule has 1 fully saturated rings. The lowest BCUT2D eigenvalue weighted by molar-refractivity contribution is -0.136. The molecule has 5 heteroatoms. The number of carbonyl (C=O) groups is 2. The van der Waals surface area contributed by atoms with Crippen molar-refractivity contribution in [3.63, 3.8) is 0 Å². The Morgan fingerprint density at radius 2 is 1.93 bits per heavy atom. The summed E-state index contributed by atoms with van der Waals surface area (Å²) in [5.74, 6) is -0.432. The third-order valence-corrected chi connectivity index (χ3v) is 2.06. The molecule has 0 aromatic heterocycles. The zero-order chi connectivity index (χ0) is 10.4. The molecule has 0 radical (unpaired) electrons. The molecule has 0 aromatic carbocycles. The van der Waals surface area contributed by atoms with E-state index in [1.54, 1.807) is 0 Å². The third-order valence-electron chi connectivity index (χ3n) is 2.06. The van der Waals surface area contributed by atoms with Crippen LogP contribution in [-0.2, 0) is 9.59 Å². The Morgan fingerprint density at radius 3 is 2.50 bits per heavy atom. The molecule has 1 rings (SSSR count). The second-order valence-electron chi connectivity index (χ2n) is 3.46. The Hall–Kier alpha value is -1.10. The molecule has 1 aliphatic rings. The molecule has 0 unspecified atom stereocenters. The predicted molar refractivity (Wildman–Crippen MR) is 50.9 cm³/mol. The lowest BCUT2D eigenvalue weighted by atomic mass is 10.4. The Kier molecular flexibility index (Phi) is 4.39. The van der Waals surface area contributed by atoms with Crippen LogP contribution in [0.2, 0.25) is 0 Å². The van der Waals surface area contributed by atoms with Gasteiger partial charge in [-0.2, -0.15) is 0 Å². The van der Waals surface area contributed by atoms with Gasteiger partial charge in [-0.05, 0) is 12.8 Å². The van der Waals surface area contributed by atoms with Gasteiger partial charge in [0.05, 0.1) is 6.42 Å². The van der Waals surface area contributed by atoms with Crippen LogP contribution in [0, 0.1) is 5.92 Å². The number of hydrogen-bond acceptors (Lipinski definition) is 3. The summed E-state index contributed by atoms with van der Waals surface area (Å²) >= 11 is 0. The molecule has 0 spiro atoms. The normalized spacial score (nSPS) is 15.1. The molecule has 0 aromatic rings. The predicted octanol–water partition coefficient (Wildman–Crippen LogP) is -0.423. The van der Waals surface area contributed by atoms with Crippen molar-refractivity contribution in [3.8, 4) is 0 Å². The van der Waals surface area contributed by atoms with Gasteiger partial charge in [-0.1, -0.05) is 0 Å². The Balaban J connectivity index is 1.84. The highest BCUT2D eigenvalue weighted by Crippen LogP contribution is 2.28. The van der Waals surface area contributed by atoms with Crippen molar-refractivity contribution < 1.29 is 14.7 Å². The van der Waals surface area contributed by atoms with Crippen molar-refractivity contribution in [2.75, 3.05) is 19.6 Å². The highest BCUT2D eigenvalue weighted by Gasteiger charge is 2.28. The molecule has 0 bridgehead atoms. The summed E-state index contributed by atoms with van der Waals surface area (Å²) in [7, 11) is 0. The second kappa shape index (κ2) is 5.59. The van der Waals surface area contributed by atoms with Crippen molar-refractivity contribution in [2.24, 2.45) is 5.92 Å². The number of nitrogens with one attached hydrogen (secondary N) is 2. The van der Waals surface area contributed by atoms with E-state index in [2.05, 4.69) is 10.6 Å². The van der Waals surface area contributed by atoms with E-state index in [-0.39, 0.29) is 18.2 Å². The number of rotatable bonds is 7. The van der Waals surface area contributed by atoms with Gasteiger partial charge in [0.15, 0.2) is 0 Å². The van der Waals surface area contributed by atoms with E-state index in [4.69, 9.17) is 5.11 Å². The maximum atomic E-state index is 11.1. The van der Waals surface area contributed by atoms with Crippen molar-refractivity contribution >= 4 is 11.9 Å². The van der Waals surface area contributed by atoms with Crippen molar-refractivity contribution in [1.82, 2.24) is 10.6 Å². The molecule has 14 heavy (non-hydrogen) atoms. The molecule has 0 saturated heterocycles. The molecule has 0 aliphatic heterocycles. The first-order valence-electron chi connectivity index (χ1n) is 4.90. The standard InChI is InChI=1S/C9H16N2O3/c12-8(13)3-4-10-5-6-11-9(14)7-1-2-7/h7,10H,1-6H2,(H,11,14)(H,12,13). The first-order chi connectivity index (χ1) is 6.70. The van der Waals surface area contributed by atoms with Crippen LogP contribution < -0.4 is 10.6 Å². The Morgan fingerprint density at radius 1 is 1.21 bits per heavy atom. The molecule has 80 valence electrons. The van der Waals surface area contributed by atoms with Crippen LogP contribution in [0.15, 0.2) is 0 Å². The summed E-state index contributed by atoms with van der Waals surface area (Å²) in [5.41, 5.74) is 0. The van der Waals surface area contributed by atoms with Gasteiger partial charge in [0.1, 0.15) is 0 Å². The monoisotopic (exact) mass is 200 g/mol. The maximum Gasteiger partial charge on any atom is 0.304 e. The van der Waals surface area contributed by atoms with Crippen molar-refractivity contribution in [3.05, 3.63) is 0 Å². The van der Waals surface area contributed by atoms with Gasteiger partial charge in [-0.25, -0.2) is 0 Å². The van der Waals surface area contributed by atoms with Gasteiger partial charge in [-0.15, -0.1) is 0 Å². The second-order valence-corrected chi connectivity index (χ2v) is 3.46. The van der Waals surface area contributed by atoms with Crippen molar-refractivity contribution in [1.29, 1.82) is 0 Å². The lowest BCUT2D eigenvalue weighted by Crippen LogP contribution is -2.33. The fourth-order valence-corrected chi connectivity index (χ4v) is 1.08. The minimum Gasteiger partial charge on any atom is -0.481 e. The number of carboxylic acid groups (broad SMARTS) is 1. The summed E-state index contributed by atoms with van der Waals surface area (Å²) < 4.78 is 0. The number of carbonyl (C=O) groups excluding carboxylic acids is 1. The average Bonchev–Trinajstić information content (AvgIpc) is 2.92. The van der Waals surface area contributed by atoms with E-state index >= 15 is 0 Å². The third kappa shape index (κ3) is 4.81. The molecule has 1 aliphatic carbocycles. The zero-order valence-electron chi connectivity index (χ0n) is 8.08. The molecular weight excluding hydrogens is 184 g/mol. The fraction of sp³-hybridized carbons (Fsp3) is 0.778. The summed E-state index contributed by atoms with van der Waals surface area (Å²) in [5, 5.41) is 14.0. The van der Waals surface area contributed by atoms with Gasteiger partial charge < -0.3 is 15.7 Å². The summed E-state index contributed by atoms with van der Waals surface area (Å²) in [6, 6.07) is 0. The fourth-order valence-electron chi connectivity index (χ4n) is 1.08. The Labute approximate surface area is 82.9 Å². The van der Waals surface area contributed by atoms with Crippen LogP contribution in [0.3, 0.4) is 0 Å². The molecule has 5 nitrogen and oxygen atoms in total. The van der Waals surface area contributed by atoms with Crippen LogP contribution in [0.4, 0.5) is 0 Å². The largest absolute Gasteiger partial charge is 0.481 e. The average molecular weight is 200 g/mol. The van der Waals surface area contributed by atoms with E-state index in [1.165, 1.54) is 0 Å². The molecule has 1 amide bonds. The minimum atomic E-state index is -0.806. The molecule has 1 saturated carbocycles.